The first-order chi connectivity index (χ1) is 18.3. The van der Waals surface area contributed by atoms with Crippen molar-refractivity contribution in [2.45, 2.75) is 57.0 Å². The van der Waals surface area contributed by atoms with Crippen LogP contribution >= 0.6 is 11.6 Å². The molecule has 0 amide bonds. The van der Waals surface area contributed by atoms with Crippen LogP contribution in [0.25, 0.3) is 16.9 Å². The summed E-state index contributed by atoms with van der Waals surface area (Å²) >= 11 is 4.31. The van der Waals surface area contributed by atoms with E-state index in [0.29, 0.717) is 0 Å². The molecular weight excluding hydrogens is 568 g/mol. The molecular formula is C23H29ClF4N6O4S. The Hall–Kier alpha value is -2.46. The number of halogens is 5. The number of aromatic nitrogens is 5. The number of ether oxygens (including phenoxy) is 3. The summed E-state index contributed by atoms with van der Waals surface area (Å²) in [5.41, 5.74) is 0.327. The number of rotatable bonds is 13. The van der Waals surface area contributed by atoms with Gasteiger partial charge < -0.3 is 18.8 Å². The van der Waals surface area contributed by atoms with Gasteiger partial charge in [-0.05, 0) is 33.6 Å². The fourth-order valence-electron chi connectivity index (χ4n) is 3.31. The van der Waals surface area contributed by atoms with Gasteiger partial charge >= 0.3 is 6.18 Å². The third kappa shape index (κ3) is 8.76. The molecule has 3 heterocycles. The van der Waals surface area contributed by atoms with E-state index in [2.05, 4.69) is 24.8 Å². The molecule has 0 spiro atoms. The van der Waals surface area contributed by atoms with Gasteiger partial charge in [0.2, 0.25) is 5.65 Å². The lowest BCUT2D eigenvalue weighted by atomic mass is 10.1. The highest BCUT2D eigenvalue weighted by Crippen LogP contribution is 2.35. The first kappa shape index (κ1) is 31.1. The Labute approximate surface area is 230 Å². The number of hydrogen-bond acceptors (Lipinski definition) is 9. The van der Waals surface area contributed by atoms with Crippen molar-refractivity contribution in [3.05, 3.63) is 29.7 Å². The average Bonchev–Trinajstić information content (AvgIpc) is 3.33. The van der Waals surface area contributed by atoms with Crippen molar-refractivity contribution in [3.8, 4) is 22.9 Å². The van der Waals surface area contributed by atoms with E-state index < -0.39 is 40.6 Å². The quantitative estimate of drug-likeness (QED) is 0.131. The van der Waals surface area contributed by atoms with Crippen LogP contribution < -0.4 is 14.2 Å². The third-order valence-corrected chi connectivity index (χ3v) is 7.26. The van der Waals surface area contributed by atoms with Gasteiger partial charge in [-0.25, -0.2) is 23.9 Å². The summed E-state index contributed by atoms with van der Waals surface area (Å²) in [4.78, 5) is 12.2. The van der Waals surface area contributed by atoms with Gasteiger partial charge in [0.1, 0.15) is 23.4 Å². The van der Waals surface area contributed by atoms with Gasteiger partial charge in [0, 0.05) is 24.4 Å². The van der Waals surface area contributed by atoms with Crippen LogP contribution in [0, 0.1) is 5.82 Å². The molecule has 0 aliphatic heterocycles. The Morgan fingerprint density at radius 2 is 1.90 bits per heavy atom. The van der Waals surface area contributed by atoms with Gasteiger partial charge in [-0.2, -0.15) is 18.3 Å². The summed E-state index contributed by atoms with van der Waals surface area (Å²) in [6, 6.07) is -0.654. The molecule has 216 valence electrons. The van der Waals surface area contributed by atoms with Crippen LogP contribution in [0.2, 0.25) is 5.15 Å². The molecule has 3 rings (SSSR count). The molecule has 0 radical (unpaired) electrons. The monoisotopic (exact) mass is 596 g/mol. The molecule has 0 aliphatic carbocycles. The molecule has 3 aromatic rings. The molecule has 0 bridgehead atoms. The van der Waals surface area contributed by atoms with E-state index in [-0.39, 0.29) is 66.3 Å². The lowest BCUT2D eigenvalue weighted by Gasteiger charge is -2.28. The summed E-state index contributed by atoms with van der Waals surface area (Å²) in [6.07, 6.45) is -1.38. The molecule has 39 heavy (non-hydrogen) atoms. The fraction of sp³-hybridized carbons (Fsp3) is 0.565. The van der Waals surface area contributed by atoms with Crippen LogP contribution in [0.1, 0.15) is 40.0 Å². The third-order valence-electron chi connectivity index (χ3n) is 5.33. The minimum atomic E-state index is -4.32. The summed E-state index contributed by atoms with van der Waals surface area (Å²) < 4.78 is 85.4. The highest BCUT2D eigenvalue weighted by Gasteiger charge is 2.33. The highest BCUT2D eigenvalue weighted by molar-refractivity contribution is 7.90. The van der Waals surface area contributed by atoms with Crippen LogP contribution in [0.4, 0.5) is 17.6 Å². The van der Waals surface area contributed by atoms with E-state index >= 15 is 0 Å². The van der Waals surface area contributed by atoms with Crippen LogP contribution in [0.3, 0.4) is 0 Å². The minimum absolute atomic E-state index is 0.00423. The number of pyridine rings is 1. The van der Waals surface area contributed by atoms with Crippen molar-refractivity contribution in [1.82, 2.24) is 29.3 Å². The first-order valence-corrected chi connectivity index (χ1v) is 13.4. The zero-order valence-electron chi connectivity index (χ0n) is 21.7. The second-order valence-electron chi connectivity index (χ2n) is 9.37. The smallest absolute Gasteiger partial charge is 0.389 e. The van der Waals surface area contributed by atoms with E-state index in [1.165, 1.54) is 30.3 Å². The second-order valence-corrected chi connectivity index (χ2v) is 11.7. The summed E-state index contributed by atoms with van der Waals surface area (Å²) in [5.74, 6) is -0.703. The summed E-state index contributed by atoms with van der Waals surface area (Å²) in [7, 11) is 1.35. The molecule has 0 aliphatic rings. The molecule has 0 fully saturated rings. The van der Waals surface area contributed by atoms with Gasteiger partial charge in [-0.3, -0.25) is 0 Å². The highest BCUT2D eigenvalue weighted by atomic mass is 35.5. The maximum Gasteiger partial charge on any atom is 0.389 e. The van der Waals surface area contributed by atoms with E-state index in [4.69, 9.17) is 25.8 Å². The van der Waals surface area contributed by atoms with Crippen LogP contribution in [-0.4, -0.2) is 73.0 Å². The normalized spacial score (nSPS) is 14.0. The fourth-order valence-corrected chi connectivity index (χ4v) is 4.35. The van der Waals surface area contributed by atoms with E-state index in [9.17, 15) is 22.1 Å². The maximum atomic E-state index is 14.8. The molecule has 1 unspecified atom stereocenters. The molecule has 2 atom stereocenters. The van der Waals surface area contributed by atoms with Crippen LogP contribution in [0.15, 0.2) is 18.7 Å². The largest absolute Gasteiger partial charge is 0.598 e. The topological polar surface area (TPSA) is 119 Å². The number of hydrogen-bond donors (Lipinski definition) is 1. The Kier molecular flexibility index (Phi) is 10.6. The standard InChI is InChI=1S/C23H29ClF4N6O4S/c1-22(2,3)39(35)33-14(5-7-23(26,27)28)6-8-37-9-10-38-21-20-30-13-31-34(20)12-15(32-21)17-16(36-4)11-29-19(24)18(17)25/h11-14,33H,5-10H2,1-4H3/t14-,39?/m0/s1. The van der Waals surface area contributed by atoms with Gasteiger partial charge in [0.15, 0.2) is 11.0 Å². The van der Waals surface area contributed by atoms with Crippen molar-refractivity contribution < 1.29 is 36.3 Å². The van der Waals surface area contributed by atoms with E-state index in [1.807, 2.05) is 0 Å². The van der Waals surface area contributed by atoms with Gasteiger partial charge in [-0.1, -0.05) is 11.6 Å². The lowest BCUT2D eigenvalue weighted by molar-refractivity contribution is -0.136. The van der Waals surface area contributed by atoms with Crippen LogP contribution in [0.5, 0.6) is 11.6 Å². The number of alkyl halides is 3. The Balaban J connectivity index is 1.62. The van der Waals surface area contributed by atoms with Gasteiger partial charge in [-0.15, -0.1) is 4.72 Å². The predicted octanol–water partition coefficient (Wildman–Crippen LogP) is 4.54. The maximum absolute atomic E-state index is 14.8. The Bertz CT molecular complexity index is 1240. The Morgan fingerprint density at radius 3 is 2.56 bits per heavy atom. The van der Waals surface area contributed by atoms with Crippen molar-refractivity contribution in [2.24, 2.45) is 0 Å². The SMILES string of the molecule is COc1cnc(Cl)c(F)c1-c1cn2ncnc2c(OCCOCC[C@H](CCC(F)(F)F)N[S+]([O-])C(C)(C)C)n1. The van der Waals surface area contributed by atoms with E-state index in [1.54, 1.807) is 20.8 Å². The Morgan fingerprint density at radius 1 is 1.15 bits per heavy atom. The molecule has 3 aromatic heterocycles. The minimum Gasteiger partial charge on any atom is -0.598 e. The van der Waals surface area contributed by atoms with Crippen molar-refractivity contribution in [1.29, 1.82) is 0 Å². The number of methoxy groups -OCH3 is 1. The zero-order valence-corrected chi connectivity index (χ0v) is 23.3. The van der Waals surface area contributed by atoms with Crippen molar-refractivity contribution >= 4 is 28.6 Å². The van der Waals surface area contributed by atoms with Gasteiger partial charge in [0.25, 0.3) is 5.88 Å². The van der Waals surface area contributed by atoms with Gasteiger partial charge in [0.05, 0.1) is 43.4 Å². The molecule has 1 N–H and O–H groups in total. The summed E-state index contributed by atoms with van der Waals surface area (Å²) in [6.45, 7) is 5.37. The zero-order chi connectivity index (χ0) is 28.8. The average molecular weight is 597 g/mol. The number of nitrogens with zero attached hydrogens (tertiary/aromatic N) is 5. The second kappa shape index (κ2) is 13.3. The first-order valence-electron chi connectivity index (χ1n) is 11.8. The number of fused-ring (bicyclic) bond motifs is 1. The predicted molar refractivity (Wildman–Crippen MR) is 137 cm³/mol. The number of nitrogens with one attached hydrogen (secondary N) is 1. The summed E-state index contributed by atoms with van der Waals surface area (Å²) in [5, 5.41) is 3.69. The molecule has 0 saturated carbocycles. The van der Waals surface area contributed by atoms with Crippen LogP contribution in [-0.2, 0) is 16.1 Å². The molecule has 0 aromatic carbocycles. The van der Waals surface area contributed by atoms with Crippen molar-refractivity contribution in [3.63, 3.8) is 0 Å². The van der Waals surface area contributed by atoms with E-state index in [0.717, 1.165) is 0 Å². The molecule has 0 saturated heterocycles. The van der Waals surface area contributed by atoms with Crippen molar-refractivity contribution in [2.75, 3.05) is 26.9 Å². The molecule has 10 nitrogen and oxygen atoms in total. The lowest BCUT2D eigenvalue weighted by Crippen LogP contribution is -2.45. The molecule has 16 heteroatoms.